The van der Waals surface area contributed by atoms with Crippen LogP contribution in [0.25, 0.3) is 86.3 Å². The number of aliphatic imine (C=N–C) groups is 2. The topological polar surface area (TPSA) is 46.6 Å². The van der Waals surface area contributed by atoms with Gasteiger partial charge in [0.15, 0.2) is 5.84 Å². The van der Waals surface area contributed by atoms with Crippen molar-refractivity contribution in [1.29, 1.82) is 0 Å². The standard InChI is InChI=1S/C57H37N5S/c1-4-14-36(15-5-1)55-58-56(37-16-6-2-7-17-37)60-57(59-55)40-24-28-45-46-29-27-42(35-54(46)63-53(45)34-40)62-50-23-13-11-21-44(50)48-33-39(26-31-52(48)62)38-25-30-51-47(32-38)43-20-10-12-22-49(43)61(51)41-18-8-3-9-19-41/h1-35,55H,(H,58,59,60). The number of fused-ring (bicyclic) bond motifs is 9. The van der Waals surface area contributed by atoms with Crippen molar-refractivity contribution in [2.75, 3.05) is 0 Å². The van der Waals surface area contributed by atoms with E-state index in [2.05, 4.69) is 203 Å². The molecule has 1 atom stereocenters. The molecule has 9 aromatic carbocycles. The van der Waals surface area contributed by atoms with Crippen LogP contribution in [0.1, 0.15) is 22.9 Å². The van der Waals surface area contributed by atoms with Gasteiger partial charge in [0.1, 0.15) is 12.0 Å². The highest BCUT2D eigenvalue weighted by Gasteiger charge is 2.22. The van der Waals surface area contributed by atoms with Gasteiger partial charge in [-0.2, -0.15) is 0 Å². The number of nitrogens with one attached hydrogen (secondary N) is 1. The van der Waals surface area contributed by atoms with Crippen LogP contribution in [0, 0.1) is 0 Å². The maximum Gasteiger partial charge on any atom is 0.159 e. The Hall–Kier alpha value is -8.06. The minimum Gasteiger partial charge on any atom is -0.344 e. The second-order valence-corrected chi connectivity index (χ2v) is 17.3. The van der Waals surface area contributed by atoms with Gasteiger partial charge in [-0.15, -0.1) is 11.3 Å². The highest BCUT2D eigenvalue weighted by Crippen LogP contribution is 2.41. The van der Waals surface area contributed by atoms with Crippen LogP contribution in [0.4, 0.5) is 0 Å². The molecule has 6 heteroatoms. The van der Waals surface area contributed by atoms with Crippen LogP contribution in [0.2, 0.25) is 0 Å². The number of hydrogen-bond donors (Lipinski definition) is 1. The largest absolute Gasteiger partial charge is 0.344 e. The van der Waals surface area contributed by atoms with Crippen LogP contribution in [-0.4, -0.2) is 20.8 Å². The zero-order valence-corrected chi connectivity index (χ0v) is 34.8. The highest BCUT2D eigenvalue weighted by atomic mass is 32.1. The molecule has 0 bridgehead atoms. The summed E-state index contributed by atoms with van der Waals surface area (Å²) in [7, 11) is 0. The quantitative estimate of drug-likeness (QED) is 0.178. The first-order valence-corrected chi connectivity index (χ1v) is 22.2. The molecule has 1 aliphatic heterocycles. The molecule has 5 nitrogen and oxygen atoms in total. The molecule has 1 N–H and O–H groups in total. The summed E-state index contributed by atoms with van der Waals surface area (Å²) in [6.07, 6.45) is -0.242. The molecule has 0 aliphatic carbocycles. The SMILES string of the molecule is c1ccc(C2=NC(c3ccccc3)NC(c3ccc4c(c3)sc3cc(-n5c6ccccc6c6cc(-c7ccc8c(c7)c7ccccc7n8-c7ccccc7)ccc65)ccc34)=N2)cc1. The number of nitrogens with zero attached hydrogens (tertiary/aromatic N) is 4. The summed E-state index contributed by atoms with van der Waals surface area (Å²) in [5.74, 6) is 1.55. The Morgan fingerprint density at radius 1 is 0.381 bits per heavy atom. The fourth-order valence-electron chi connectivity index (χ4n) is 9.61. The molecule has 0 spiro atoms. The molecule has 0 radical (unpaired) electrons. The number of aromatic nitrogens is 2. The van der Waals surface area contributed by atoms with Crippen molar-refractivity contribution in [2.24, 2.45) is 9.98 Å². The summed E-state index contributed by atoms with van der Waals surface area (Å²) in [6.45, 7) is 0. The third kappa shape index (κ3) is 5.83. The molecule has 4 heterocycles. The average molecular weight is 824 g/mol. The van der Waals surface area contributed by atoms with Gasteiger partial charge < -0.3 is 14.5 Å². The molecule has 0 saturated heterocycles. The lowest BCUT2D eigenvalue weighted by molar-refractivity contribution is 0.674. The Bertz CT molecular complexity index is 3820. The number of benzene rings is 9. The van der Waals surface area contributed by atoms with Gasteiger partial charge in [-0.3, -0.25) is 0 Å². The minimum atomic E-state index is -0.242. The van der Waals surface area contributed by atoms with Crippen LogP contribution in [-0.2, 0) is 0 Å². The summed E-state index contributed by atoms with van der Waals surface area (Å²) in [5, 5.41) is 11.1. The first-order valence-electron chi connectivity index (χ1n) is 21.3. The van der Waals surface area contributed by atoms with Crippen molar-refractivity contribution in [3.63, 3.8) is 0 Å². The molecular formula is C57H37N5S. The van der Waals surface area contributed by atoms with Crippen molar-refractivity contribution in [1.82, 2.24) is 14.5 Å². The molecule has 0 amide bonds. The molecule has 296 valence electrons. The van der Waals surface area contributed by atoms with Crippen molar-refractivity contribution < 1.29 is 0 Å². The van der Waals surface area contributed by atoms with Gasteiger partial charge in [0.05, 0.1) is 22.1 Å². The second kappa shape index (κ2) is 14.3. The lowest BCUT2D eigenvalue weighted by Gasteiger charge is -2.23. The Labute approximate surface area is 367 Å². The Morgan fingerprint density at radius 3 is 1.57 bits per heavy atom. The van der Waals surface area contributed by atoms with E-state index in [0.717, 1.165) is 34.0 Å². The monoisotopic (exact) mass is 823 g/mol. The first kappa shape index (κ1) is 35.7. The van der Waals surface area contributed by atoms with Crippen molar-refractivity contribution in [2.45, 2.75) is 6.17 Å². The number of rotatable bonds is 6. The van der Waals surface area contributed by atoms with E-state index in [1.54, 1.807) is 0 Å². The van der Waals surface area contributed by atoms with Gasteiger partial charge in [-0.25, -0.2) is 9.98 Å². The summed E-state index contributed by atoms with van der Waals surface area (Å²) in [5.41, 5.74) is 12.7. The summed E-state index contributed by atoms with van der Waals surface area (Å²) in [6, 6.07) is 76.3. The number of hydrogen-bond acceptors (Lipinski definition) is 4. The summed E-state index contributed by atoms with van der Waals surface area (Å²) < 4.78 is 7.27. The zero-order chi connectivity index (χ0) is 41.4. The van der Waals surface area contributed by atoms with E-state index in [4.69, 9.17) is 9.98 Å². The molecule has 0 fully saturated rings. The Kier molecular flexibility index (Phi) is 8.08. The van der Waals surface area contributed by atoms with Crippen molar-refractivity contribution in [3.05, 3.63) is 229 Å². The molecule has 3 aromatic heterocycles. The van der Waals surface area contributed by atoms with E-state index in [1.807, 2.05) is 35.6 Å². The first-order chi connectivity index (χ1) is 31.2. The second-order valence-electron chi connectivity index (χ2n) is 16.2. The van der Waals surface area contributed by atoms with E-state index < -0.39 is 0 Å². The molecular weight excluding hydrogens is 787 g/mol. The smallest absolute Gasteiger partial charge is 0.159 e. The van der Waals surface area contributed by atoms with E-state index in [9.17, 15) is 0 Å². The van der Waals surface area contributed by atoms with E-state index in [0.29, 0.717) is 0 Å². The van der Waals surface area contributed by atoms with Crippen molar-refractivity contribution in [3.8, 4) is 22.5 Å². The van der Waals surface area contributed by atoms with Gasteiger partial charge in [-0.1, -0.05) is 146 Å². The fraction of sp³-hybridized carbons (Fsp3) is 0.0175. The molecule has 12 aromatic rings. The van der Waals surface area contributed by atoms with Gasteiger partial charge in [0.25, 0.3) is 0 Å². The maximum atomic E-state index is 5.08. The maximum absolute atomic E-state index is 5.08. The summed E-state index contributed by atoms with van der Waals surface area (Å²) in [4.78, 5) is 10.1. The predicted octanol–water partition coefficient (Wildman–Crippen LogP) is 14.4. The molecule has 63 heavy (non-hydrogen) atoms. The van der Waals surface area contributed by atoms with E-state index >= 15 is 0 Å². The van der Waals surface area contributed by atoms with Gasteiger partial charge in [-0.05, 0) is 83.4 Å². The molecule has 1 aliphatic rings. The van der Waals surface area contributed by atoms with Gasteiger partial charge in [0, 0.05) is 64.2 Å². The fourth-order valence-corrected chi connectivity index (χ4v) is 10.8. The zero-order valence-electron chi connectivity index (χ0n) is 34.0. The van der Waals surface area contributed by atoms with Crippen LogP contribution < -0.4 is 5.32 Å². The third-order valence-corrected chi connectivity index (χ3v) is 13.7. The Morgan fingerprint density at radius 2 is 0.905 bits per heavy atom. The lowest BCUT2D eigenvalue weighted by Crippen LogP contribution is -2.33. The predicted molar refractivity (Wildman–Crippen MR) is 265 cm³/mol. The van der Waals surface area contributed by atoms with Gasteiger partial charge in [0.2, 0.25) is 0 Å². The van der Waals surface area contributed by atoms with Crippen LogP contribution >= 0.6 is 11.3 Å². The summed E-state index contributed by atoms with van der Waals surface area (Å²) >= 11 is 1.83. The Balaban J connectivity index is 0.893. The molecule has 0 saturated carbocycles. The third-order valence-electron chi connectivity index (χ3n) is 12.6. The highest BCUT2D eigenvalue weighted by molar-refractivity contribution is 7.25. The molecule has 1 unspecified atom stereocenters. The number of para-hydroxylation sites is 3. The lowest BCUT2D eigenvalue weighted by atomic mass is 10.0. The van der Waals surface area contributed by atoms with E-state index in [1.165, 1.54) is 80.6 Å². The van der Waals surface area contributed by atoms with Gasteiger partial charge >= 0.3 is 0 Å². The average Bonchev–Trinajstić information content (AvgIpc) is 4.01. The van der Waals surface area contributed by atoms with E-state index in [-0.39, 0.29) is 6.17 Å². The molecule has 13 rings (SSSR count). The van der Waals surface area contributed by atoms with Crippen LogP contribution in [0.5, 0.6) is 0 Å². The normalized spacial score (nSPS) is 14.2. The van der Waals surface area contributed by atoms with Crippen LogP contribution in [0.3, 0.4) is 0 Å². The number of thiophene rings is 1. The minimum absolute atomic E-state index is 0.242. The van der Waals surface area contributed by atoms with Crippen LogP contribution in [0.15, 0.2) is 222 Å². The van der Waals surface area contributed by atoms with Crippen molar-refractivity contribution >= 4 is 86.8 Å². The number of amidine groups is 2.